The molecule has 0 aromatic heterocycles. The number of carboxylic acid groups (broad SMARTS) is 3. The van der Waals surface area contributed by atoms with Crippen LogP contribution >= 0.6 is 0 Å². The molecule has 174 valence electrons. The van der Waals surface area contributed by atoms with Crippen LogP contribution in [0.1, 0.15) is 35.6 Å². The van der Waals surface area contributed by atoms with Gasteiger partial charge in [-0.1, -0.05) is 54.6 Å². The van der Waals surface area contributed by atoms with Gasteiger partial charge < -0.3 is 25.0 Å². The van der Waals surface area contributed by atoms with E-state index in [4.69, 9.17) is 20.1 Å². The summed E-state index contributed by atoms with van der Waals surface area (Å²) in [6.45, 7) is 3.79. The first-order valence-electron chi connectivity index (χ1n) is 10.1. The van der Waals surface area contributed by atoms with Gasteiger partial charge >= 0.3 is 17.9 Å². The Balaban J connectivity index is 0.000000368. The molecule has 0 saturated heterocycles. The number of aryl methyl sites for hydroxylation is 1. The lowest BCUT2D eigenvalue weighted by Gasteiger charge is -2.22. The summed E-state index contributed by atoms with van der Waals surface area (Å²) in [6.07, 6.45) is -1.32. The summed E-state index contributed by atoms with van der Waals surface area (Å²) in [5.41, 5.74) is 3.73. The second-order valence-corrected chi connectivity index (χ2v) is 7.55. The summed E-state index contributed by atoms with van der Waals surface area (Å²) in [5.74, 6) is -5.38. The minimum Gasteiger partial charge on any atom is -0.481 e. The number of carbonyl (C=O) groups is 3. The average Bonchev–Trinajstić information content (AvgIpc) is 2.72. The Kier molecular flexibility index (Phi) is 11.7. The molecule has 2 aromatic carbocycles. The highest BCUT2D eigenvalue weighted by Gasteiger charge is 2.23. The van der Waals surface area contributed by atoms with Crippen LogP contribution in [0.25, 0.3) is 0 Å². The minimum atomic E-state index is -1.40. The van der Waals surface area contributed by atoms with Gasteiger partial charge in [0.25, 0.3) is 0 Å². The number of rotatable bonds is 11. The fourth-order valence-corrected chi connectivity index (χ4v) is 2.90. The number of aliphatic carboxylic acids is 3. The number of benzene rings is 2. The van der Waals surface area contributed by atoms with Crippen molar-refractivity contribution in [3.8, 4) is 0 Å². The maximum absolute atomic E-state index is 10.2. The first-order valence-corrected chi connectivity index (χ1v) is 10.1. The zero-order chi connectivity index (χ0) is 24.1. The summed E-state index contributed by atoms with van der Waals surface area (Å²) < 4.78 is 6.16. The van der Waals surface area contributed by atoms with E-state index in [1.807, 2.05) is 6.07 Å². The summed E-state index contributed by atoms with van der Waals surface area (Å²) in [4.78, 5) is 32.5. The second-order valence-electron chi connectivity index (χ2n) is 7.55. The third kappa shape index (κ3) is 10.2. The molecule has 0 bridgehead atoms. The van der Waals surface area contributed by atoms with E-state index in [0.29, 0.717) is 0 Å². The third-order valence-corrected chi connectivity index (χ3v) is 4.59. The Morgan fingerprint density at radius 3 is 1.88 bits per heavy atom. The maximum Gasteiger partial charge on any atom is 0.307 e. The number of carboxylic acids is 3. The van der Waals surface area contributed by atoms with E-state index in [0.717, 1.165) is 13.2 Å². The molecule has 0 aliphatic carbocycles. The Bertz CT molecular complexity index is 852. The molecule has 0 heterocycles. The molecule has 0 fully saturated rings. The summed E-state index contributed by atoms with van der Waals surface area (Å²) in [5, 5.41) is 24.7. The smallest absolute Gasteiger partial charge is 0.307 e. The van der Waals surface area contributed by atoms with E-state index < -0.39 is 36.7 Å². The van der Waals surface area contributed by atoms with Crippen LogP contribution in [0.2, 0.25) is 0 Å². The first-order chi connectivity index (χ1) is 15.1. The molecule has 0 aliphatic heterocycles. The molecule has 2 aromatic rings. The topological polar surface area (TPSA) is 124 Å². The van der Waals surface area contributed by atoms with Crippen molar-refractivity contribution < 1.29 is 34.4 Å². The Morgan fingerprint density at radius 2 is 1.41 bits per heavy atom. The maximum atomic E-state index is 10.2. The van der Waals surface area contributed by atoms with E-state index in [-0.39, 0.29) is 6.10 Å². The predicted molar refractivity (Wildman–Crippen MR) is 120 cm³/mol. The number of likely N-dealkylation sites (N-methyl/N-ethyl adjacent to an activating group) is 1. The average molecular weight is 446 g/mol. The molecule has 1 unspecified atom stereocenters. The van der Waals surface area contributed by atoms with Gasteiger partial charge in [0.05, 0.1) is 25.4 Å². The number of nitrogens with zero attached hydrogens (tertiary/aromatic N) is 1. The zero-order valence-electron chi connectivity index (χ0n) is 18.6. The fourth-order valence-electron chi connectivity index (χ4n) is 2.90. The van der Waals surface area contributed by atoms with Crippen LogP contribution in [0, 0.1) is 12.8 Å². The standard InChI is InChI=1S/C18H23NO.C6H8O6/c1-15-9-7-8-12-17(15)18(20-14-13-19(2)3)16-10-5-4-6-11-16;7-4(8)1-3(6(11)12)2-5(9)10/h4-12,18H,13-14H2,1-3H3;3H,1-2H2,(H,7,8)(H,9,10)(H,11,12). The van der Waals surface area contributed by atoms with Gasteiger partial charge in [0.2, 0.25) is 0 Å². The van der Waals surface area contributed by atoms with Crippen LogP contribution in [-0.2, 0) is 19.1 Å². The van der Waals surface area contributed by atoms with Gasteiger partial charge in [-0.2, -0.15) is 0 Å². The molecule has 2 rings (SSSR count). The summed E-state index contributed by atoms with van der Waals surface area (Å²) >= 11 is 0. The van der Waals surface area contributed by atoms with Gasteiger partial charge in [-0.25, -0.2) is 0 Å². The molecule has 32 heavy (non-hydrogen) atoms. The number of ether oxygens (including phenoxy) is 1. The van der Waals surface area contributed by atoms with Crippen molar-refractivity contribution in [2.75, 3.05) is 27.2 Å². The molecular formula is C24H31NO7. The Morgan fingerprint density at radius 1 is 0.875 bits per heavy atom. The predicted octanol–water partition coefficient (Wildman–Crippen LogP) is 3.30. The monoisotopic (exact) mass is 445 g/mol. The lowest BCUT2D eigenvalue weighted by molar-refractivity contribution is -0.152. The number of hydrogen-bond acceptors (Lipinski definition) is 5. The van der Waals surface area contributed by atoms with Crippen molar-refractivity contribution in [3.63, 3.8) is 0 Å². The Hall–Kier alpha value is -3.23. The van der Waals surface area contributed by atoms with Gasteiger partial charge in [-0.3, -0.25) is 14.4 Å². The van der Waals surface area contributed by atoms with Crippen LogP contribution < -0.4 is 0 Å². The van der Waals surface area contributed by atoms with E-state index in [9.17, 15) is 14.4 Å². The van der Waals surface area contributed by atoms with Crippen LogP contribution in [0.5, 0.6) is 0 Å². The van der Waals surface area contributed by atoms with Crippen LogP contribution in [0.3, 0.4) is 0 Å². The molecule has 0 spiro atoms. The largest absolute Gasteiger partial charge is 0.481 e. The molecule has 3 N–H and O–H groups in total. The lowest BCUT2D eigenvalue weighted by Crippen LogP contribution is -2.20. The number of hydrogen-bond donors (Lipinski definition) is 3. The molecule has 8 heteroatoms. The van der Waals surface area contributed by atoms with Crippen molar-refractivity contribution >= 4 is 17.9 Å². The first kappa shape index (κ1) is 26.8. The van der Waals surface area contributed by atoms with Gasteiger partial charge in [0.1, 0.15) is 6.10 Å². The fraction of sp³-hybridized carbons (Fsp3) is 0.375. The lowest BCUT2D eigenvalue weighted by atomic mass is 9.97. The van der Waals surface area contributed by atoms with Crippen molar-refractivity contribution in [3.05, 3.63) is 71.3 Å². The minimum absolute atomic E-state index is 0.0114. The van der Waals surface area contributed by atoms with E-state index >= 15 is 0 Å². The van der Waals surface area contributed by atoms with Crippen molar-refractivity contribution in [2.24, 2.45) is 5.92 Å². The third-order valence-electron chi connectivity index (χ3n) is 4.59. The van der Waals surface area contributed by atoms with Gasteiger partial charge in [0.15, 0.2) is 0 Å². The van der Waals surface area contributed by atoms with Crippen LogP contribution in [0.15, 0.2) is 54.6 Å². The van der Waals surface area contributed by atoms with Crippen molar-refractivity contribution in [1.29, 1.82) is 0 Å². The van der Waals surface area contributed by atoms with Crippen molar-refractivity contribution in [1.82, 2.24) is 4.90 Å². The summed E-state index contributed by atoms with van der Waals surface area (Å²) in [7, 11) is 4.13. The molecule has 0 amide bonds. The second kappa shape index (κ2) is 14.0. The van der Waals surface area contributed by atoms with E-state index in [1.54, 1.807) is 0 Å². The van der Waals surface area contributed by atoms with Gasteiger partial charge in [-0.15, -0.1) is 0 Å². The van der Waals surface area contributed by atoms with E-state index in [2.05, 4.69) is 74.4 Å². The van der Waals surface area contributed by atoms with Crippen LogP contribution in [-0.4, -0.2) is 65.4 Å². The zero-order valence-corrected chi connectivity index (χ0v) is 18.6. The molecule has 1 atom stereocenters. The highest BCUT2D eigenvalue weighted by molar-refractivity contribution is 5.82. The SMILES string of the molecule is Cc1ccccc1C(OCCN(C)C)c1ccccc1.O=C(O)CC(CC(=O)O)C(=O)O. The quantitative estimate of drug-likeness (QED) is 0.481. The van der Waals surface area contributed by atoms with Crippen molar-refractivity contribution in [2.45, 2.75) is 25.9 Å². The Labute approximate surface area is 188 Å². The van der Waals surface area contributed by atoms with E-state index in [1.165, 1.54) is 16.7 Å². The molecule has 0 saturated carbocycles. The van der Waals surface area contributed by atoms with Gasteiger partial charge in [0, 0.05) is 6.54 Å². The normalized spacial score (nSPS) is 11.5. The highest BCUT2D eigenvalue weighted by atomic mass is 16.5. The molecule has 8 nitrogen and oxygen atoms in total. The molecule has 0 aliphatic rings. The molecule has 0 radical (unpaired) electrons. The van der Waals surface area contributed by atoms with Gasteiger partial charge in [-0.05, 0) is 37.7 Å². The highest BCUT2D eigenvalue weighted by Crippen LogP contribution is 2.28. The summed E-state index contributed by atoms with van der Waals surface area (Å²) in [6, 6.07) is 18.9. The molecular weight excluding hydrogens is 414 g/mol. The van der Waals surface area contributed by atoms with Crippen LogP contribution in [0.4, 0.5) is 0 Å².